The number of hydrogen-bond acceptors (Lipinski definition) is 2. The van der Waals surface area contributed by atoms with Crippen molar-refractivity contribution >= 4 is 12.0 Å². The number of aliphatic carboxylic acids is 1. The van der Waals surface area contributed by atoms with Gasteiger partial charge in [-0.05, 0) is 30.6 Å². The summed E-state index contributed by atoms with van der Waals surface area (Å²) in [4.78, 5) is 22.8. The average Bonchev–Trinajstić information content (AvgIpc) is 2.35. The van der Waals surface area contributed by atoms with Gasteiger partial charge in [-0.25, -0.2) is 4.79 Å². The van der Waals surface area contributed by atoms with Crippen LogP contribution in [0.2, 0.25) is 0 Å². The average molecular weight is 284 g/mol. The van der Waals surface area contributed by atoms with Gasteiger partial charge in [-0.2, -0.15) is 0 Å². The highest BCUT2D eigenvalue weighted by molar-refractivity contribution is 5.74. The van der Waals surface area contributed by atoms with Crippen molar-refractivity contribution in [1.29, 1.82) is 0 Å². The van der Waals surface area contributed by atoms with E-state index in [0.717, 1.165) is 19.3 Å². The molecule has 1 fully saturated rings. The Bertz CT molecular complexity index is 350. The van der Waals surface area contributed by atoms with E-state index in [0.29, 0.717) is 18.9 Å². The topological polar surface area (TPSA) is 78.4 Å². The van der Waals surface area contributed by atoms with Crippen molar-refractivity contribution < 1.29 is 14.7 Å². The van der Waals surface area contributed by atoms with Gasteiger partial charge in [-0.1, -0.05) is 34.1 Å². The first-order chi connectivity index (χ1) is 9.20. The standard InChI is InChI=1S/C15H28N2O3/c1-10(15(2,3)4)9-16-14(20)17-12-7-5-6-11(8-12)13(18)19/h10-12H,5-9H2,1-4H3,(H,18,19)(H2,16,17,20). The third-order valence-electron chi connectivity index (χ3n) is 4.41. The maximum Gasteiger partial charge on any atom is 0.315 e. The molecule has 5 heteroatoms. The van der Waals surface area contributed by atoms with Gasteiger partial charge in [0.15, 0.2) is 0 Å². The Balaban J connectivity index is 2.33. The van der Waals surface area contributed by atoms with E-state index >= 15 is 0 Å². The maximum atomic E-state index is 11.8. The Labute approximate surface area is 121 Å². The third-order valence-corrected chi connectivity index (χ3v) is 4.41. The molecule has 3 N–H and O–H groups in total. The molecule has 0 aliphatic heterocycles. The predicted molar refractivity (Wildman–Crippen MR) is 78.5 cm³/mol. The van der Waals surface area contributed by atoms with Crippen LogP contribution in [0.5, 0.6) is 0 Å². The smallest absolute Gasteiger partial charge is 0.315 e. The zero-order valence-corrected chi connectivity index (χ0v) is 13.0. The van der Waals surface area contributed by atoms with Gasteiger partial charge < -0.3 is 15.7 Å². The Morgan fingerprint density at radius 1 is 1.30 bits per heavy atom. The Kier molecular flexibility index (Phi) is 5.84. The Morgan fingerprint density at radius 2 is 1.95 bits per heavy atom. The highest BCUT2D eigenvalue weighted by Crippen LogP contribution is 2.25. The van der Waals surface area contributed by atoms with Gasteiger partial charge in [0.2, 0.25) is 0 Å². The summed E-state index contributed by atoms with van der Waals surface area (Å²) >= 11 is 0. The molecule has 0 aromatic carbocycles. The fourth-order valence-corrected chi connectivity index (χ4v) is 2.33. The molecule has 3 unspecified atom stereocenters. The normalized spacial score (nSPS) is 24.8. The number of carbonyl (C=O) groups is 2. The van der Waals surface area contributed by atoms with E-state index in [-0.39, 0.29) is 23.4 Å². The molecule has 0 heterocycles. The van der Waals surface area contributed by atoms with Crippen LogP contribution in [0.3, 0.4) is 0 Å². The number of rotatable bonds is 4. The second-order valence-corrected chi connectivity index (χ2v) is 7.02. The highest BCUT2D eigenvalue weighted by atomic mass is 16.4. The quantitative estimate of drug-likeness (QED) is 0.742. The van der Waals surface area contributed by atoms with E-state index in [4.69, 9.17) is 5.11 Å². The minimum Gasteiger partial charge on any atom is -0.481 e. The molecule has 0 radical (unpaired) electrons. The number of carboxylic acids is 1. The minimum absolute atomic E-state index is 0.0187. The van der Waals surface area contributed by atoms with Gasteiger partial charge in [-0.3, -0.25) is 4.79 Å². The van der Waals surface area contributed by atoms with Crippen molar-refractivity contribution in [3.8, 4) is 0 Å². The fraction of sp³-hybridized carbons (Fsp3) is 0.867. The van der Waals surface area contributed by atoms with Crippen molar-refractivity contribution in [1.82, 2.24) is 10.6 Å². The first-order valence-corrected chi connectivity index (χ1v) is 7.47. The Hall–Kier alpha value is -1.26. The van der Waals surface area contributed by atoms with E-state index in [1.165, 1.54) is 0 Å². The lowest BCUT2D eigenvalue weighted by molar-refractivity contribution is -0.143. The number of carbonyl (C=O) groups excluding carboxylic acids is 1. The molecular weight excluding hydrogens is 256 g/mol. The molecule has 116 valence electrons. The molecule has 3 atom stereocenters. The molecule has 20 heavy (non-hydrogen) atoms. The highest BCUT2D eigenvalue weighted by Gasteiger charge is 2.28. The molecule has 0 aromatic rings. The third kappa shape index (κ3) is 5.39. The summed E-state index contributed by atoms with van der Waals surface area (Å²) in [6.45, 7) is 9.19. The summed E-state index contributed by atoms with van der Waals surface area (Å²) in [5.41, 5.74) is 0.159. The summed E-state index contributed by atoms with van der Waals surface area (Å²) in [6, 6.07) is -0.202. The van der Waals surface area contributed by atoms with Gasteiger partial charge in [0.25, 0.3) is 0 Å². The molecule has 0 spiro atoms. The second kappa shape index (κ2) is 6.95. The first kappa shape index (κ1) is 16.8. The molecule has 2 amide bonds. The van der Waals surface area contributed by atoms with Crippen LogP contribution in [-0.2, 0) is 4.79 Å². The van der Waals surface area contributed by atoms with Crippen LogP contribution in [-0.4, -0.2) is 29.7 Å². The lowest BCUT2D eigenvalue weighted by atomic mass is 9.82. The van der Waals surface area contributed by atoms with Gasteiger partial charge in [0.05, 0.1) is 5.92 Å². The SMILES string of the molecule is CC(CNC(=O)NC1CCCC(C(=O)O)C1)C(C)(C)C. The van der Waals surface area contributed by atoms with E-state index in [1.807, 2.05) is 0 Å². The number of carboxylic acid groups (broad SMARTS) is 1. The molecule has 1 aliphatic rings. The van der Waals surface area contributed by atoms with Crippen LogP contribution in [0.25, 0.3) is 0 Å². The first-order valence-electron chi connectivity index (χ1n) is 7.47. The molecule has 1 rings (SSSR count). The van der Waals surface area contributed by atoms with E-state index in [2.05, 4.69) is 38.3 Å². The fourth-order valence-electron chi connectivity index (χ4n) is 2.33. The van der Waals surface area contributed by atoms with E-state index in [1.54, 1.807) is 0 Å². The van der Waals surface area contributed by atoms with Crippen molar-refractivity contribution in [3.63, 3.8) is 0 Å². The molecule has 0 bridgehead atoms. The van der Waals surface area contributed by atoms with Crippen LogP contribution in [0.1, 0.15) is 53.4 Å². The van der Waals surface area contributed by atoms with Crippen molar-refractivity contribution in [2.75, 3.05) is 6.54 Å². The predicted octanol–water partition coefficient (Wildman–Crippen LogP) is 2.61. The lowest BCUT2D eigenvalue weighted by Gasteiger charge is -2.29. The van der Waals surface area contributed by atoms with Gasteiger partial charge in [-0.15, -0.1) is 0 Å². The molecule has 1 aliphatic carbocycles. The van der Waals surface area contributed by atoms with Gasteiger partial charge >= 0.3 is 12.0 Å². The van der Waals surface area contributed by atoms with Gasteiger partial charge in [0, 0.05) is 12.6 Å². The van der Waals surface area contributed by atoms with Gasteiger partial charge in [0.1, 0.15) is 0 Å². The molecule has 0 aromatic heterocycles. The minimum atomic E-state index is -0.752. The summed E-state index contributed by atoms with van der Waals surface area (Å²) in [5, 5.41) is 14.8. The molecule has 5 nitrogen and oxygen atoms in total. The zero-order chi connectivity index (χ0) is 15.3. The number of hydrogen-bond donors (Lipinski definition) is 3. The summed E-state index contributed by atoms with van der Waals surface area (Å²) < 4.78 is 0. The van der Waals surface area contributed by atoms with E-state index in [9.17, 15) is 9.59 Å². The summed E-state index contributed by atoms with van der Waals surface area (Å²) in [5.74, 6) is -0.688. The van der Waals surface area contributed by atoms with Crippen LogP contribution < -0.4 is 10.6 Å². The van der Waals surface area contributed by atoms with Crippen LogP contribution >= 0.6 is 0 Å². The van der Waals surface area contributed by atoms with Crippen LogP contribution in [0.15, 0.2) is 0 Å². The lowest BCUT2D eigenvalue weighted by Crippen LogP contribution is -2.46. The monoisotopic (exact) mass is 284 g/mol. The van der Waals surface area contributed by atoms with Crippen LogP contribution in [0, 0.1) is 17.3 Å². The van der Waals surface area contributed by atoms with E-state index < -0.39 is 5.97 Å². The number of amides is 2. The number of nitrogens with one attached hydrogen (secondary N) is 2. The van der Waals surface area contributed by atoms with Crippen molar-refractivity contribution in [2.45, 2.75) is 59.4 Å². The summed E-state index contributed by atoms with van der Waals surface area (Å²) in [6.07, 6.45) is 2.99. The van der Waals surface area contributed by atoms with Crippen molar-refractivity contribution in [2.24, 2.45) is 17.3 Å². The molecule has 0 saturated heterocycles. The second-order valence-electron chi connectivity index (χ2n) is 7.02. The number of urea groups is 1. The maximum absolute atomic E-state index is 11.8. The van der Waals surface area contributed by atoms with Crippen LogP contribution in [0.4, 0.5) is 4.79 Å². The Morgan fingerprint density at radius 3 is 2.50 bits per heavy atom. The van der Waals surface area contributed by atoms with Crippen molar-refractivity contribution in [3.05, 3.63) is 0 Å². The molecular formula is C15H28N2O3. The summed E-state index contributed by atoms with van der Waals surface area (Å²) in [7, 11) is 0. The molecule has 1 saturated carbocycles. The largest absolute Gasteiger partial charge is 0.481 e. The zero-order valence-electron chi connectivity index (χ0n) is 13.0.